The topological polar surface area (TPSA) is 70.4 Å². The number of amides is 1. The molecule has 0 radical (unpaired) electrons. The van der Waals surface area contributed by atoms with E-state index >= 15 is 0 Å². The van der Waals surface area contributed by atoms with E-state index in [1.807, 2.05) is 23.8 Å². The van der Waals surface area contributed by atoms with Crippen molar-refractivity contribution in [2.75, 3.05) is 44.2 Å². The molecular formula is C25H31N7O. The minimum atomic E-state index is 0.110. The van der Waals surface area contributed by atoms with E-state index in [0.717, 1.165) is 76.1 Å². The molecule has 1 amide bonds. The van der Waals surface area contributed by atoms with Crippen LogP contribution in [0.2, 0.25) is 0 Å². The van der Waals surface area contributed by atoms with Crippen molar-refractivity contribution in [1.29, 1.82) is 0 Å². The van der Waals surface area contributed by atoms with E-state index in [4.69, 9.17) is 0 Å². The van der Waals surface area contributed by atoms with Gasteiger partial charge in [0.1, 0.15) is 23.8 Å². The zero-order chi connectivity index (χ0) is 22.6. The molecule has 33 heavy (non-hydrogen) atoms. The first-order valence-electron chi connectivity index (χ1n) is 11.8. The number of hydrogen-bond donors (Lipinski definition) is 0. The van der Waals surface area contributed by atoms with Crippen LogP contribution in [0.3, 0.4) is 0 Å². The summed E-state index contributed by atoms with van der Waals surface area (Å²) in [6.07, 6.45) is 7.02. The first kappa shape index (κ1) is 21.6. The third kappa shape index (κ3) is 4.90. The first-order chi connectivity index (χ1) is 16.2. The molecular weight excluding hydrogens is 414 g/mol. The van der Waals surface area contributed by atoms with Crippen LogP contribution >= 0.6 is 0 Å². The Kier molecular flexibility index (Phi) is 6.35. The molecule has 4 heterocycles. The lowest BCUT2D eigenvalue weighted by molar-refractivity contribution is -0.138. The van der Waals surface area contributed by atoms with Gasteiger partial charge < -0.3 is 9.80 Å². The highest BCUT2D eigenvalue weighted by molar-refractivity contribution is 5.79. The van der Waals surface area contributed by atoms with Crippen LogP contribution in [0.1, 0.15) is 24.2 Å². The maximum absolute atomic E-state index is 13.2. The predicted octanol–water partition coefficient (Wildman–Crippen LogP) is 2.53. The summed E-state index contributed by atoms with van der Waals surface area (Å²) in [5.41, 5.74) is 1.33. The fourth-order valence-corrected chi connectivity index (χ4v) is 4.84. The average molecular weight is 446 g/mol. The molecule has 0 spiro atoms. The monoisotopic (exact) mass is 445 g/mol. The number of imidazole rings is 1. The molecule has 0 atom stereocenters. The molecule has 2 fully saturated rings. The van der Waals surface area contributed by atoms with E-state index in [0.29, 0.717) is 5.91 Å². The Labute approximate surface area is 194 Å². The number of hydrogen-bond acceptors (Lipinski definition) is 6. The van der Waals surface area contributed by atoms with E-state index in [-0.39, 0.29) is 5.92 Å². The summed E-state index contributed by atoms with van der Waals surface area (Å²) in [5, 5.41) is 0. The van der Waals surface area contributed by atoms with Crippen molar-refractivity contribution >= 4 is 11.7 Å². The number of aromatic nitrogens is 4. The molecule has 2 aliphatic heterocycles. The van der Waals surface area contributed by atoms with Crippen molar-refractivity contribution in [1.82, 2.24) is 29.3 Å². The second-order valence-electron chi connectivity index (χ2n) is 8.93. The maximum atomic E-state index is 13.2. The molecule has 2 saturated heterocycles. The minimum Gasteiger partial charge on any atom is -0.356 e. The van der Waals surface area contributed by atoms with Crippen LogP contribution in [0.5, 0.6) is 0 Å². The normalized spacial score (nSPS) is 18.0. The van der Waals surface area contributed by atoms with Crippen LogP contribution in [-0.2, 0) is 11.3 Å². The predicted molar refractivity (Wildman–Crippen MR) is 127 cm³/mol. The Morgan fingerprint density at radius 1 is 0.939 bits per heavy atom. The first-order valence-corrected chi connectivity index (χ1v) is 11.8. The lowest BCUT2D eigenvalue weighted by atomic mass is 9.95. The highest BCUT2D eigenvalue weighted by Crippen LogP contribution is 2.25. The van der Waals surface area contributed by atoms with Gasteiger partial charge in [-0.3, -0.25) is 14.3 Å². The standard InChI is InChI=1S/C25H31N7O/c1-20-26-9-12-32(20)24-17-23(27-19-28-24)30-10-7-22(8-11-30)25(33)31-15-13-29(14-16-31)18-21-5-3-2-4-6-21/h2-6,9,12,17,19,22H,7-8,10-11,13-16,18H2,1H3. The summed E-state index contributed by atoms with van der Waals surface area (Å²) < 4.78 is 1.96. The number of carbonyl (C=O) groups excluding carboxylic acids is 1. The number of carbonyl (C=O) groups is 1. The van der Waals surface area contributed by atoms with E-state index < -0.39 is 0 Å². The van der Waals surface area contributed by atoms with Crippen LogP contribution < -0.4 is 4.90 Å². The zero-order valence-electron chi connectivity index (χ0n) is 19.2. The highest BCUT2D eigenvalue weighted by Gasteiger charge is 2.31. The van der Waals surface area contributed by atoms with Gasteiger partial charge in [-0.25, -0.2) is 15.0 Å². The molecule has 0 unspecified atom stereocenters. The molecule has 2 aromatic heterocycles. The third-order valence-electron chi connectivity index (χ3n) is 6.81. The number of benzene rings is 1. The van der Waals surface area contributed by atoms with Crippen LogP contribution in [0, 0.1) is 12.8 Å². The SMILES string of the molecule is Cc1nccn1-c1cc(N2CCC(C(=O)N3CCN(Cc4ccccc4)CC3)CC2)ncn1. The maximum Gasteiger partial charge on any atom is 0.225 e. The number of anilines is 1. The quantitative estimate of drug-likeness (QED) is 0.601. The summed E-state index contributed by atoms with van der Waals surface area (Å²) in [6, 6.07) is 12.6. The van der Waals surface area contributed by atoms with Crippen molar-refractivity contribution in [3.05, 3.63) is 66.5 Å². The number of piperidine rings is 1. The van der Waals surface area contributed by atoms with E-state index in [1.54, 1.807) is 12.5 Å². The molecule has 0 N–H and O–H groups in total. The smallest absolute Gasteiger partial charge is 0.225 e. The molecule has 1 aromatic carbocycles. The van der Waals surface area contributed by atoms with Crippen molar-refractivity contribution in [2.45, 2.75) is 26.3 Å². The molecule has 8 nitrogen and oxygen atoms in total. The van der Waals surface area contributed by atoms with Gasteiger partial charge in [-0.05, 0) is 25.3 Å². The summed E-state index contributed by atoms with van der Waals surface area (Å²) >= 11 is 0. The van der Waals surface area contributed by atoms with Gasteiger partial charge in [0.15, 0.2) is 0 Å². The number of nitrogens with zero attached hydrogens (tertiary/aromatic N) is 7. The molecule has 0 aliphatic carbocycles. The van der Waals surface area contributed by atoms with Gasteiger partial charge in [0.25, 0.3) is 0 Å². The van der Waals surface area contributed by atoms with Crippen LogP contribution in [-0.4, -0.2) is 74.5 Å². The van der Waals surface area contributed by atoms with Crippen molar-refractivity contribution < 1.29 is 4.79 Å². The van der Waals surface area contributed by atoms with E-state index in [2.05, 4.69) is 60.0 Å². The molecule has 3 aromatic rings. The molecule has 2 aliphatic rings. The zero-order valence-corrected chi connectivity index (χ0v) is 19.2. The summed E-state index contributed by atoms with van der Waals surface area (Å²) in [4.78, 5) is 33.1. The number of piperazine rings is 1. The Bertz CT molecular complexity index is 1070. The third-order valence-corrected chi connectivity index (χ3v) is 6.81. The summed E-state index contributed by atoms with van der Waals surface area (Å²) in [6.45, 7) is 8.12. The fourth-order valence-electron chi connectivity index (χ4n) is 4.84. The molecule has 0 saturated carbocycles. The van der Waals surface area contributed by atoms with Crippen LogP contribution in [0.4, 0.5) is 5.82 Å². The van der Waals surface area contributed by atoms with Gasteiger partial charge in [-0.2, -0.15) is 0 Å². The molecule has 172 valence electrons. The molecule has 0 bridgehead atoms. The van der Waals surface area contributed by atoms with Gasteiger partial charge >= 0.3 is 0 Å². The lowest BCUT2D eigenvalue weighted by Gasteiger charge is -2.38. The van der Waals surface area contributed by atoms with Gasteiger partial charge in [-0.1, -0.05) is 30.3 Å². The Balaban J connectivity index is 1.13. The summed E-state index contributed by atoms with van der Waals surface area (Å²) in [7, 11) is 0. The van der Waals surface area contributed by atoms with E-state index in [1.165, 1.54) is 5.56 Å². The molecule has 5 rings (SSSR count). The minimum absolute atomic E-state index is 0.110. The Morgan fingerprint density at radius 2 is 1.67 bits per heavy atom. The van der Waals surface area contributed by atoms with Gasteiger partial charge in [0.05, 0.1) is 0 Å². The number of rotatable bonds is 5. The van der Waals surface area contributed by atoms with Crippen molar-refractivity contribution in [3.8, 4) is 5.82 Å². The second-order valence-corrected chi connectivity index (χ2v) is 8.93. The van der Waals surface area contributed by atoms with Crippen molar-refractivity contribution in [3.63, 3.8) is 0 Å². The lowest BCUT2D eigenvalue weighted by Crippen LogP contribution is -2.51. The molecule has 8 heteroatoms. The fraction of sp³-hybridized carbons (Fsp3) is 0.440. The average Bonchev–Trinajstić information content (AvgIpc) is 3.31. The van der Waals surface area contributed by atoms with Gasteiger partial charge in [-0.15, -0.1) is 0 Å². The second kappa shape index (κ2) is 9.70. The Hall–Kier alpha value is -3.26. The highest BCUT2D eigenvalue weighted by atomic mass is 16.2. The largest absolute Gasteiger partial charge is 0.356 e. The number of aryl methyl sites for hydroxylation is 1. The van der Waals surface area contributed by atoms with E-state index in [9.17, 15) is 4.79 Å². The van der Waals surface area contributed by atoms with Crippen LogP contribution in [0.25, 0.3) is 5.82 Å². The Morgan fingerprint density at radius 3 is 2.36 bits per heavy atom. The van der Waals surface area contributed by atoms with Gasteiger partial charge in [0, 0.05) is 70.2 Å². The summed E-state index contributed by atoms with van der Waals surface area (Å²) in [5.74, 6) is 3.06. The van der Waals surface area contributed by atoms with Gasteiger partial charge in [0.2, 0.25) is 5.91 Å². The van der Waals surface area contributed by atoms with Crippen LogP contribution in [0.15, 0.2) is 55.1 Å². The van der Waals surface area contributed by atoms with Crippen molar-refractivity contribution in [2.24, 2.45) is 5.92 Å².